The van der Waals surface area contributed by atoms with Crippen molar-refractivity contribution in [2.24, 2.45) is 0 Å². The summed E-state index contributed by atoms with van der Waals surface area (Å²) in [6, 6.07) is 21.3. The van der Waals surface area contributed by atoms with Gasteiger partial charge in [0, 0.05) is 17.6 Å². The summed E-state index contributed by atoms with van der Waals surface area (Å²) < 4.78 is 3.28. The average molecular weight is 359 g/mol. The molecule has 0 aliphatic carbocycles. The van der Waals surface area contributed by atoms with Crippen LogP contribution in [0.3, 0.4) is 0 Å². The van der Waals surface area contributed by atoms with E-state index in [1.165, 1.54) is 0 Å². The van der Waals surface area contributed by atoms with E-state index in [9.17, 15) is 9.59 Å². The lowest BCUT2D eigenvalue weighted by molar-refractivity contribution is -0.116. The molecule has 1 N–H and O–H groups in total. The lowest BCUT2D eigenvalue weighted by Crippen LogP contribution is -2.29. The highest BCUT2D eigenvalue weighted by molar-refractivity contribution is 6.02. The molecule has 5 nitrogen and oxygen atoms in total. The van der Waals surface area contributed by atoms with E-state index in [1.807, 2.05) is 73.7 Å². The van der Waals surface area contributed by atoms with Crippen LogP contribution in [0.2, 0.25) is 0 Å². The van der Waals surface area contributed by atoms with Crippen molar-refractivity contribution in [2.75, 3.05) is 5.32 Å². The first-order valence-corrected chi connectivity index (χ1v) is 9.14. The summed E-state index contributed by atoms with van der Waals surface area (Å²) in [5.41, 5.74) is 2.25. The molecule has 0 unspecified atom stereocenters. The van der Waals surface area contributed by atoms with Crippen molar-refractivity contribution in [1.29, 1.82) is 0 Å². The Kier molecular flexibility index (Phi) is 4.50. The van der Waals surface area contributed by atoms with Crippen LogP contribution >= 0.6 is 0 Å². The van der Waals surface area contributed by atoms with Crippen molar-refractivity contribution < 1.29 is 4.79 Å². The lowest BCUT2D eigenvalue weighted by atomic mass is 10.1. The van der Waals surface area contributed by atoms with Gasteiger partial charge in [-0.1, -0.05) is 55.5 Å². The molecular formula is C22H21N3O2. The number of para-hydroxylation sites is 2. The molecule has 0 atom stereocenters. The number of carbonyl (C=O) groups is 1. The normalized spacial score (nSPS) is 11.1. The molecule has 0 saturated carbocycles. The van der Waals surface area contributed by atoms with Crippen LogP contribution in [0.1, 0.15) is 13.3 Å². The molecule has 0 fully saturated rings. The zero-order valence-corrected chi connectivity index (χ0v) is 15.2. The van der Waals surface area contributed by atoms with Crippen LogP contribution in [-0.4, -0.2) is 15.0 Å². The van der Waals surface area contributed by atoms with Crippen LogP contribution in [0.5, 0.6) is 0 Å². The van der Waals surface area contributed by atoms with E-state index < -0.39 is 0 Å². The van der Waals surface area contributed by atoms with Gasteiger partial charge in [0.1, 0.15) is 6.54 Å². The molecule has 0 bridgehead atoms. The monoisotopic (exact) mass is 359 g/mol. The highest BCUT2D eigenvalue weighted by Crippen LogP contribution is 2.23. The smallest absolute Gasteiger partial charge is 0.324 e. The van der Waals surface area contributed by atoms with Crippen molar-refractivity contribution in [3.05, 3.63) is 77.2 Å². The van der Waals surface area contributed by atoms with Gasteiger partial charge in [-0.2, -0.15) is 0 Å². The molecule has 1 aromatic heterocycles. The summed E-state index contributed by atoms with van der Waals surface area (Å²) >= 11 is 0. The molecule has 3 aromatic carbocycles. The van der Waals surface area contributed by atoms with E-state index in [0.29, 0.717) is 6.54 Å². The van der Waals surface area contributed by atoms with Crippen LogP contribution in [0.15, 0.2) is 71.5 Å². The number of amides is 1. The van der Waals surface area contributed by atoms with Gasteiger partial charge >= 0.3 is 5.69 Å². The van der Waals surface area contributed by atoms with Crippen molar-refractivity contribution >= 4 is 33.4 Å². The van der Waals surface area contributed by atoms with Crippen LogP contribution in [0.25, 0.3) is 21.8 Å². The fourth-order valence-electron chi connectivity index (χ4n) is 3.53. The van der Waals surface area contributed by atoms with Crippen molar-refractivity contribution in [3.63, 3.8) is 0 Å². The molecule has 0 aliphatic rings. The number of nitrogens with one attached hydrogen (secondary N) is 1. The van der Waals surface area contributed by atoms with Crippen LogP contribution < -0.4 is 11.0 Å². The second-order valence-corrected chi connectivity index (χ2v) is 6.58. The minimum absolute atomic E-state index is 0.0146. The summed E-state index contributed by atoms with van der Waals surface area (Å²) in [6.07, 6.45) is 0.857. The highest BCUT2D eigenvalue weighted by Gasteiger charge is 2.15. The average Bonchev–Trinajstić information content (AvgIpc) is 2.95. The van der Waals surface area contributed by atoms with Gasteiger partial charge in [0.15, 0.2) is 0 Å². The SMILES string of the molecule is CCCn1c(=O)n(CC(=O)Nc2cccc3ccccc23)c2ccccc21. The number of hydrogen-bond acceptors (Lipinski definition) is 2. The molecule has 4 rings (SSSR count). The first kappa shape index (κ1) is 17.1. The number of benzene rings is 3. The van der Waals surface area contributed by atoms with Gasteiger partial charge in [-0.05, 0) is 30.0 Å². The third-order valence-electron chi connectivity index (χ3n) is 4.74. The van der Waals surface area contributed by atoms with Crippen LogP contribution in [0, 0.1) is 0 Å². The summed E-state index contributed by atoms with van der Waals surface area (Å²) in [5.74, 6) is -0.215. The molecule has 1 amide bonds. The van der Waals surface area contributed by atoms with E-state index in [2.05, 4.69) is 5.32 Å². The van der Waals surface area contributed by atoms with Gasteiger partial charge in [0.05, 0.1) is 11.0 Å². The van der Waals surface area contributed by atoms with E-state index in [-0.39, 0.29) is 18.1 Å². The Labute approximate surface area is 156 Å². The van der Waals surface area contributed by atoms with Crippen molar-refractivity contribution in [1.82, 2.24) is 9.13 Å². The maximum Gasteiger partial charge on any atom is 0.329 e. The van der Waals surface area contributed by atoms with Gasteiger partial charge in [0.2, 0.25) is 5.91 Å². The van der Waals surface area contributed by atoms with E-state index >= 15 is 0 Å². The molecule has 0 aliphatic heterocycles. The second kappa shape index (κ2) is 7.11. The maximum atomic E-state index is 12.8. The van der Waals surface area contributed by atoms with E-state index in [1.54, 1.807) is 9.13 Å². The molecule has 4 aromatic rings. The minimum Gasteiger partial charge on any atom is -0.324 e. The quantitative estimate of drug-likeness (QED) is 0.585. The largest absolute Gasteiger partial charge is 0.329 e. The van der Waals surface area contributed by atoms with Crippen LogP contribution in [-0.2, 0) is 17.9 Å². The third kappa shape index (κ3) is 3.12. The van der Waals surface area contributed by atoms with Crippen molar-refractivity contribution in [3.8, 4) is 0 Å². The summed E-state index contributed by atoms with van der Waals surface area (Å²) in [4.78, 5) is 25.5. The topological polar surface area (TPSA) is 56.0 Å². The predicted octanol–water partition coefficient (Wildman–Crippen LogP) is 4.00. The Hall–Kier alpha value is -3.34. The summed E-state index contributed by atoms with van der Waals surface area (Å²) in [6.45, 7) is 2.66. The number of rotatable bonds is 5. The fraction of sp³-hybridized carbons (Fsp3) is 0.182. The molecule has 5 heteroatoms. The number of aryl methyl sites for hydroxylation is 1. The minimum atomic E-state index is -0.215. The summed E-state index contributed by atoms with van der Waals surface area (Å²) in [5, 5.41) is 5.00. The summed E-state index contributed by atoms with van der Waals surface area (Å²) in [7, 11) is 0. The number of anilines is 1. The zero-order valence-electron chi connectivity index (χ0n) is 15.2. The number of carbonyl (C=O) groups excluding carboxylic acids is 1. The number of nitrogens with zero attached hydrogens (tertiary/aromatic N) is 2. The Bertz CT molecular complexity index is 1180. The van der Waals surface area contributed by atoms with Gasteiger partial charge in [-0.15, -0.1) is 0 Å². The van der Waals surface area contributed by atoms with Gasteiger partial charge in [-0.25, -0.2) is 4.79 Å². The van der Waals surface area contributed by atoms with Crippen LogP contribution in [0.4, 0.5) is 5.69 Å². The zero-order chi connectivity index (χ0) is 18.8. The maximum absolute atomic E-state index is 12.8. The van der Waals surface area contributed by atoms with E-state index in [4.69, 9.17) is 0 Å². The van der Waals surface area contributed by atoms with Gasteiger partial charge in [0.25, 0.3) is 0 Å². The lowest BCUT2D eigenvalue weighted by Gasteiger charge is -2.09. The Morgan fingerprint density at radius 2 is 1.56 bits per heavy atom. The molecule has 0 radical (unpaired) electrons. The third-order valence-corrected chi connectivity index (χ3v) is 4.74. The Morgan fingerprint density at radius 1 is 0.889 bits per heavy atom. The number of aromatic nitrogens is 2. The number of imidazole rings is 1. The fourth-order valence-corrected chi connectivity index (χ4v) is 3.53. The second-order valence-electron chi connectivity index (χ2n) is 6.58. The molecule has 0 saturated heterocycles. The van der Waals surface area contributed by atoms with Gasteiger partial charge in [-0.3, -0.25) is 13.9 Å². The number of fused-ring (bicyclic) bond motifs is 2. The molecule has 136 valence electrons. The van der Waals surface area contributed by atoms with E-state index in [0.717, 1.165) is 33.9 Å². The first-order valence-electron chi connectivity index (χ1n) is 9.14. The Morgan fingerprint density at radius 3 is 2.33 bits per heavy atom. The highest BCUT2D eigenvalue weighted by atomic mass is 16.2. The predicted molar refractivity (Wildman–Crippen MR) is 109 cm³/mol. The van der Waals surface area contributed by atoms with Crippen molar-refractivity contribution in [2.45, 2.75) is 26.4 Å². The standard InChI is InChI=1S/C22H21N3O2/c1-2-14-24-19-12-5-6-13-20(19)25(22(24)27)15-21(26)23-18-11-7-9-16-8-3-4-10-17(16)18/h3-13H,2,14-15H2,1H3,(H,23,26). The molecule has 27 heavy (non-hydrogen) atoms. The first-order chi connectivity index (χ1) is 13.2. The molecule has 1 heterocycles. The van der Waals surface area contributed by atoms with Gasteiger partial charge < -0.3 is 5.32 Å². The molecular weight excluding hydrogens is 338 g/mol. The Balaban J connectivity index is 1.67. The molecule has 0 spiro atoms. The number of hydrogen-bond donors (Lipinski definition) is 1.